The van der Waals surface area contributed by atoms with Gasteiger partial charge in [-0.15, -0.1) is 0 Å². The topological polar surface area (TPSA) is 80.9 Å². The van der Waals surface area contributed by atoms with Crippen LogP contribution >= 0.6 is 0 Å². The average Bonchev–Trinajstić information content (AvgIpc) is 2.81. The molecule has 0 radical (unpaired) electrons. The summed E-state index contributed by atoms with van der Waals surface area (Å²) in [4.78, 5) is 19.6. The van der Waals surface area contributed by atoms with Crippen LogP contribution in [0, 0.1) is 6.92 Å². The lowest BCUT2D eigenvalue weighted by Gasteiger charge is -2.03. The molecule has 1 N–H and O–H groups in total. The highest BCUT2D eigenvalue weighted by Gasteiger charge is 2.08. The summed E-state index contributed by atoms with van der Waals surface area (Å²) in [6.45, 7) is 2.33. The van der Waals surface area contributed by atoms with Gasteiger partial charge in [-0.1, -0.05) is 11.2 Å². The molecule has 6 heteroatoms. The molecule has 0 unspecified atom stereocenters. The number of pyridine rings is 1. The first-order valence-corrected chi connectivity index (χ1v) is 6.19. The molecule has 0 bridgehead atoms. The summed E-state index contributed by atoms with van der Waals surface area (Å²) in [6, 6.07) is 3.93. The minimum absolute atomic E-state index is 0.0908. The second-order valence-corrected chi connectivity index (χ2v) is 4.22. The maximum absolute atomic E-state index is 11.6. The van der Waals surface area contributed by atoms with E-state index in [0.29, 0.717) is 18.3 Å². The molecule has 0 fully saturated rings. The highest BCUT2D eigenvalue weighted by atomic mass is 16.5. The van der Waals surface area contributed by atoms with E-state index in [1.165, 1.54) is 5.56 Å². The molecule has 0 aliphatic rings. The number of nitrogens with zero attached hydrogens (tertiary/aromatic N) is 3. The molecular weight excluding hydrogens is 244 g/mol. The zero-order valence-electron chi connectivity index (χ0n) is 10.8. The van der Waals surface area contributed by atoms with Gasteiger partial charge in [0.1, 0.15) is 0 Å². The van der Waals surface area contributed by atoms with Crippen LogP contribution < -0.4 is 5.32 Å². The molecule has 2 aromatic heterocycles. The minimum Gasteiger partial charge on any atom is -0.356 e. The first kappa shape index (κ1) is 13.2. The van der Waals surface area contributed by atoms with Crippen molar-refractivity contribution in [2.24, 2.45) is 0 Å². The number of rotatable bonds is 6. The number of aryl methyl sites for hydroxylation is 2. The van der Waals surface area contributed by atoms with Crippen molar-refractivity contribution in [2.75, 3.05) is 6.54 Å². The Bertz CT molecular complexity index is 524. The van der Waals surface area contributed by atoms with Gasteiger partial charge in [0, 0.05) is 25.9 Å². The number of amides is 1. The number of hydrogen-bond acceptors (Lipinski definition) is 5. The molecule has 6 nitrogen and oxygen atoms in total. The Morgan fingerprint density at radius 2 is 2.37 bits per heavy atom. The van der Waals surface area contributed by atoms with E-state index >= 15 is 0 Å². The maximum atomic E-state index is 11.6. The van der Waals surface area contributed by atoms with E-state index in [1.807, 2.05) is 18.3 Å². The van der Waals surface area contributed by atoms with Crippen molar-refractivity contribution in [1.82, 2.24) is 20.4 Å². The summed E-state index contributed by atoms with van der Waals surface area (Å²) < 4.78 is 4.80. The second kappa shape index (κ2) is 6.63. The first-order chi connectivity index (χ1) is 9.24. The molecule has 2 aromatic rings. The second-order valence-electron chi connectivity index (χ2n) is 4.22. The van der Waals surface area contributed by atoms with Crippen molar-refractivity contribution in [1.29, 1.82) is 0 Å². The number of nitrogens with one attached hydrogen (secondary N) is 1. The lowest BCUT2D eigenvalue weighted by Crippen LogP contribution is -2.26. The van der Waals surface area contributed by atoms with Crippen LogP contribution in [-0.4, -0.2) is 27.6 Å². The molecule has 0 spiro atoms. The summed E-state index contributed by atoms with van der Waals surface area (Å²) in [5, 5.41) is 6.51. The highest BCUT2D eigenvalue weighted by molar-refractivity contribution is 5.77. The number of carbonyl (C=O) groups is 1. The minimum atomic E-state index is -0.0908. The van der Waals surface area contributed by atoms with Crippen LogP contribution in [-0.2, 0) is 17.6 Å². The summed E-state index contributed by atoms with van der Waals surface area (Å²) in [5.41, 5.74) is 1.17. The third-order valence-corrected chi connectivity index (χ3v) is 2.58. The third kappa shape index (κ3) is 4.50. The fraction of sp³-hybridized carbons (Fsp3) is 0.385. The quantitative estimate of drug-likeness (QED) is 0.785. The average molecular weight is 260 g/mol. The van der Waals surface area contributed by atoms with Gasteiger partial charge in [-0.2, -0.15) is 4.98 Å². The summed E-state index contributed by atoms with van der Waals surface area (Å²) in [7, 11) is 0. The van der Waals surface area contributed by atoms with Crippen molar-refractivity contribution in [2.45, 2.75) is 26.2 Å². The molecule has 0 atom stereocenters. The van der Waals surface area contributed by atoms with E-state index in [1.54, 1.807) is 13.1 Å². The zero-order valence-corrected chi connectivity index (χ0v) is 10.8. The van der Waals surface area contributed by atoms with Crippen molar-refractivity contribution in [3.05, 3.63) is 41.8 Å². The molecule has 0 saturated carbocycles. The van der Waals surface area contributed by atoms with Gasteiger partial charge in [-0.3, -0.25) is 9.78 Å². The molecule has 0 aromatic carbocycles. The molecule has 0 aliphatic heterocycles. The molecular formula is C13H16N4O2. The maximum Gasteiger partial charge on any atom is 0.227 e. The van der Waals surface area contributed by atoms with Gasteiger partial charge in [0.25, 0.3) is 0 Å². The molecule has 0 saturated heterocycles. The fourth-order valence-corrected chi connectivity index (χ4v) is 1.69. The van der Waals surface area contributed by atoms with E-state index in [0.717, 1.165) is 12.8 Å². The molecule has 19 heavy (non-hydrogen) atoms. The van der Waals surface area contributed by atoms with Crippen LogP contribution in [0.4, 0.5) is 0 Å². The summed E-state index contributed by atoms with van der Waals surface area (Å²) in [5.74, 6) is 0.800. The predicted molar refractivity (Wildman–Crippen MR) is 68.3 cm³/mol. The van der Waals surface area contributed by atoms with Crippen LogP contribution in [0.1, 0.15) is 23.7 Å². The Labute approximate surface area is 111 Å². The molecule has 2 heterocycles. The van der Waals surface area contributed by atoms with Gasteiger partial charge in [-0.25, -0.2) is 0 Å². The van der Waals surface area contributed by atoms with E-state index < -0.39 is 0 Å². The molecule has 0 aliphatic carbocycles. The Kier molecular flexibility index (Phi) is 4.60. The van der Waals surface area contributed by atoms with Crippen molar-refractivity contribution in [3.63, 3.8) is 0 Å². The van der Waals surface area contributed by atoms with E-state index in [2.05, 4.69) is 20.4 Å². The van der Waals surface area contributed by atoms with Crippen LogP contribution in [0.3, 0.4) is 0 Å². The van der Waals surface area contributed by atoms with Gasteiger partial charge >= 0.3 is 0 Å². The van der Waals surface area contributed by atoms with Crippen LogP contribution in [0.2, 0.25) is 0 Å². The third-order valence-electron chi connectivity index (χ3n) is 2.58. The number of carbonyl (C=O) groups excluding carboxylic acids is 1. The molecule has 2 rings (SSSR count). The smallest absolute Gasteiger partial charge is 0.227 e. The SMILES string of the molecule is Cc1nc(CC(=O)NCCCc2cccnc2)no1. The van der Waals surface area contributed by atoms with Crippen molar-refractivity contribution in [3.8, 4) is 0 Å². The lowest BCUT2D eigenvalue weighted by atomic mass is 10.1. The predicted octanol–water partition coefficient (Wildman–Crippen LogP) is 1.06. The Morgan fingerprint density at radius 3 is 3.05 bits per heavy atom. The summed E-state index contributed by atoms with van der Waals surface area (Å²) in [6.07, 6.45) is 5.52. The summed E-state index contributed by atoms with van der Waals surface area (Å²) >= 11 is 0. The molecule has 1 amide bonds. The van der Waals surface area contributed by atoms with Crippen molar-refractivity contribution >= 4 is 5.91 Å². The van der Waals surface area contributed by atoms with Crippen LogP contribution in [0.5, 0.6) is 0 Å². The van der Waals surface area contributed by atoms with Crippen LogP contribution in [0.25, 0.3) is 0 Å². The normalized spacial score (nSPS) is 10.4. The lowest BCUT2D eigenvalue weighted by molar-refractivity contribution is -0.120. The zero-order chi connectivity index (χ0) is 13.5. The van der Waals surface area contributed by atoms with Crippen molar-refractivity contribution < 1.29 is 9.32 Å². The first-order valence-electron chi connectivity index (χ1n) is 6.19. The fourth-order valence-electron chi connectivity index (χ4n) is 1.69. The number of aromatic nitrogens is 3. The van der Waals surface area contributed by atoms with E-state index in [9.17, 15) is 4.79 Å². The van der Waals surface area contributed by atoms with E-state index in [-0.39, 0.29) is 12.3 Å². The Hall–Kier alpha value is -2.24. The Balaban J connectivity index is 1.64. The van der Waals surface area contributed by atoms with Gasteiger partial charge in [0.15, 0.2) is 5.82 Å². The van der Waals surface area contributed by atoms with Crippen LogP contribution in [0.15, 0.2) is 29.0 Å². The highest BCUT2D eigenvalue weighted by Crippen LogP contribution is 1.99. The van der Waals surface area contributed by atoms with Gasteiger partial charge < -0.3 is 9.84 Å². The molecule has 100 valence electrons. The number of hydrogen-bond donors (Lipinski definition) is 1. The standard InChI is InChI=1S/C13H16N4O2/c1-10-16-12(17-19-10)8-13(18)15-7-3-5-11-4-2-6-14-9-11/h2,4,6,9H,3,5,7-8H2,1H3,(H,15,18). The van der Waals surface area contributed by atoms with Gasteiger partial charge in [0.2, 0.25) is 11.8 Å². The Morgan fingerprint density at radius 1 is 1.47 bits per heavy atom. The van der Waals surface area contributed by atoms with Gasteiger partial charge in [-0.05, 0) is 24.5 Å². The monoisotopic (exact) mass is 260 g/mol. The van der Waals surface area contributed by atoms with Gasteiger partial charge in [0.05, 0.1) is 6.42 Å². The largest absolute Gasteiger partial charge is 0.356 e. The van der Waals surface area contributed by atoms with E-state index in [4.69, 9.17) is 4.52 Å².